The number of nitrogens with one attached hydrogen (secondary N) is 1. The molecule has 1 N–H and O–H groups in total. The fourth-order valence-electron chi connectivity index (χ4n) is 2.00. The van der Waals surface area contributed by atoms with Gasteiger partial charge in [-0.2, -0.15) is 0 Å². The van der Waals surface area contributed by atoms with Crippen molar-refractivity contribution in [2.75, 3.05) is 17.6 Å². The number of aromatic nitrogens is 2. The van der Waals surface area contributed by atoms with E-state index >= 15 is 0 Å². The van der Waals surface area contributed by atoms with Crippen molar-refractivity contribution in [1.82, 2.24) is 10.2 Å². The van der Waals surface area contributed by atoms with Gasteiger partial charge in [-0.1, -0.05) is 53.4 Å². The Kier molecular flexibility index (Phi) is 5.21. The lowest BCUT2D eigenvalue weighted by molar-refractivity contribution is -0.137. The van der Waals surface area contributed by atoms with Crippen LogP contribution in [0.4, 0.5) is 5.13 Å². The van der Waals surface area contributed by atoms with Crippen molar-refractivity contribution in [1.29, 1.82) is 0 Å². The molecule has 0 spiro atoms. The van der Waals surface area contributed by atoms with E-state index in [0.29, 0.717) is 4.34 Å². The molecule has 0 aliphatic rings. The third-order valence-electron chi connectivity index (χ3n) is 3.20. The zero-order valence-corrected chi connectivity index (χ0v) is 15.5. The van der Waals surface area contributed by atoms with Gasteiger partial charge in [0.1, 0.15) is 0 Å². The van der Waals surface area contributed by atoms with Crippen molar-refractivity contribution in [2.24, 2.45) is 0 Å². The molecule has 10 heteroatoms. The molecule has 0 aliphatic carbocycles. The highest BCUT2D eigenvalue weighted by Gasteiger charge is 2.18. The molecule has 3 rings (SSSR count). The Balaban J connectivity index is 1.76. The highest BCUT2D eigenvalue weighted by atomic mass is 32.2. The minimum absolute atomic E-state index is 0.0859. The quantitative estimate of drug-likeness (QED) is 0.506. The summed E-state index contributed by atoms with van der Waals surface area (Å²) in [5, 5.41) is 9.57. The van der Waals surface area contributed by atoms with Gasteiger partial charge in [0.05, 0.1) is 17.8 Å². The highest BCUT2D eigenvalue weighted by molar-refractivity contribution is 8.01. The van der Waals surface area contributed by atoms with Crippen LogP contribution in [0.25, 0.3) is 10.8 Å². The summed E-state index contributed by atoms with van der Waals surface area (Å²) in [5.74, 6) is -0.304. The standard InChI is InChI=1S/C15H13N3O4S3/c1-22-13(19)9-23-15-17-16-14(24-15)18-25(20,21)12-7-6-10-4-2-3-5-11(10)8-12/h2-8H,9H2,1H3,(H,16,18). The number of methoxy groups -OCH3 is 1. The molecule has 0 radical (unpaired) electrons. The van der Waals surface area contributed by atoms with Crippen LogP contribution < -0.4 is 4.72 Å². The monoisotopic (exact) mass is 395 g/mol. The summed E-state index contributed by atoms with van der Waals surface area (Å²) in [6.45, 7) is 0. The number of anilines is 1. The number of rotatable bonds is 6. The molecule has 0 amide bonds. The summed E-state index contributed by atoms with van der Waals surface area (Å²) >= 11 is 2.19. The van der Waals surface area contributed by atoms with Crippen LogP contribution in [0.3, 0.4) is 0 Å². The zero-order valence-electron chi connectivity index (χ0n) is 13.0. The number of nitrogens with zero attached hydrogens (tertiary/aromatic N) is 2. The summed E-state index contributed by atoms with van der Waals surface area (Å²) in [4.78, 5) is 11.3. The van der Waals surface area contributed by atoms with Gasteiger partial charge in [-0.25, -0.2) is 8.42 Å². The molecule has 1 heterocycles. The Labute approximate surface area is 152 Å². The molecule has 0 fully saturated rings. The van der Waals surface area contributed by atoms with Crippen LogP contribution in [0.2, 0.25) is 0 Å². The topological polar surface area (TPSA) is 98.2 Å². The van der Waals surface area contributed by atoms with Crippen LogP contribution in [0.15, 0.2) is 51.7 Å². The summed E-state index contributed by atoms with van der Waals surface area (Å²) in [7, 11) is -2.47. The van der Waals surface area contributed by atoms with Crippen molar-refractivity contribution in [3.05, 3.63) is 42.5 Å². The summed E-state index contributed by atoms with van der Waals surface area (Å²) < 4.78 is 32.4. The molecular formula is C15H13N3O4S3. The minimum Gasteiger partial charge on any atom is -0.468 e. The van der Waals surface area contributed by atoms with Gasteiger partial charge in [0.2, 0.25) is 5.13 Å². The maximum Gasteiger partial charge on any atom is 0.316 e. The number of thioether (sulfide) groups is 1. The van der Waals surface area contributed by atoms with Crippen molar-refractivity contribution in [3.8, 4) is 0 Å². The molecule has 0 aliphatic heterocycles. The van der Waals surface area contributed by atoms with E-state index in [1.54, 1.807) is 18.2 Å². The van der Waals surface area contributed by atoms with E-state index in [0.717, 1.165) is 33.9 Å². The first-order chi connectivity index (χ1) is 12.0. The maximum absolute atomic E-state index is 12.5. The minimum atomic E-state index is -3.77. The van der Waals surface area contributed by atoms with Gasteiger partial charge in [-0.3, -0.25) is 9.52 Å². The molecule has 7 nitrogen and oxygen atoms in total. The lowest BCUT2D eigenvalue weighted by Gasteiger charge is -2.06. The second-order valence-corrected chi connectivity index (χ2v) is 8.73. The van der Waals surface area contributed by atoms with Gasteiger partial charge < -0.3 is 4.74 Å². The normalized spacial score (nSPS) is 11.4. The highest BCUT2D eigenvalue weighted by Crippen LogP contribution is 2.27. The number of benzene rings is 2. The van der Waals surface area contributed by atoms with Gasteiger partial charge >= 0.3 is 5.97 Å². The Hall–Kier alpha value is -2.17. The van der Waals surface area contributed by atoms with E-state index in [2.05, 4.69) is 19.7 Å². The van der Waals surface area contributed by atoms with Crippen molar-refractivity contribution in [3.63, 3.8) is 0 Å². The largest absolute Gasteiger partial charge is 0.468 e. The molecular weight excluding hydrogens is 382 g/mol. The summed E-state index contributed by atoms with van der Waals surface area (Å²) in [6, 6.07) is 12.4. The number of hydrogen-bond acceptors (Lipinski definition) is 8. The van der Waals surface area contributed by atoms with Gasteiger partial charge in [0.25, 0.3) is 10.0 Å². The Morgan fingerprint density at radius 3 is 2.72 bits per heavy atom. The first-order valence-corrected chi connectivity index (χ1v) is 10.3. The van der Waals surface area contributed by atoms with E-state index in [-0.39, 0.29) is 15.8 Å². The van der Waals surface area contributed by atoms with Crippen LogP contribution in [0.1, 0.15) is 0 Å². The second-order valence-electron chi connectivity index (χ2n) is 4.85. The smallest absolute Gasteiger partial charge is 0.316 e. The van der Waals surface area contributed by atoms with E-state index in [1.165, 1.54) is 7.11 Å². The molecule has 25 heavy (non-hydrogen) atoms. The molecule has 1 aromatic heterocycles. The predicted octanol–water partition coefficient (Wildman–Crippen LogP) is 2.76. The molecule has 3 aromatic rings. The third-order valence-corrected chi connectivity index (χ3v) is 6.61. The molecule has 0 bridgehead atoms. The number of esters is 1. The number of sulfonamides is 1. The van der Waals surface area contributed by atoms with E-state index in [4.69, 9.17) is 0 Å². The second kappa shape index (κ2) is 7.38. The summed E-state index contributed by atoms with van der Waals surface area (Å²) in [5.41, 5.74) is 0. The number of fused-ring (bicyclic) bond motifs is 1. The van der Waals surface area contributed by atoms with Gasteiger partial charge in [0.15, 0.2) is 4.34 Å². The van der Waals surface area contributed by atoms with Gasteiger partial charge in [0, 0.05) is 0 Å². The van der Waals surface area contributed by atoms with E-state index in [1.807, 2.05) is 24.3 Å². The molecule has 0 saturated carbocycles. The number of carbonyl (C=O) groups is 1. The van der Waals surface area contributed by atoms with E-state index in [9.17, 15) is 13.2 Å². The molecule has 0 atom stereocenters. The van der Waals surface area contributed by atoms with Crippen molar-refractivity contribution in [2.45, 2.75) is 9.24 Å². The molecule has 0 unspecified atom stereocenters. The average molecular weight is 395 g/mol. The fraction of sp³-hybridized carbons (Fsp3) is 0.133. The van der Waals surface area contributed by atoms with Crippen molar-refractivity contribution < 1.29 is 17.9 Å². The fourth-order valence-corrected chi connectivity index (χ4v) is 4.85. The first kappa shape index (κ1) is 17.6. The Morgan fingerprint density at radius 2 is 1.96 bits per heavy atom. The van der Waals surface area contributed by atoms with Crippen LogP contribution in [0.5, 0.6) is 0 Å². The zero-order chi connectivity index (χ0) is 17.9. The lowest BCUT2D eigenvalue weighted by atomic mass is 10.1. The average Bonchev–Trinajstić information content (AvgIpc) is 3.05. The van der Waals surface area contributed by atoms with Crippen LogP contribution in [0, 0.1) is 0 Å². The van der Waals surface area contributed by atoms with Gasteiger partial charge in [-0.05, 0) is 22.9 Å². The molecule has 0 saturated heterocycles. The lowest BCUT2D eigenvalue weighted by Crippen LogP contribution is -2.12. The van der Waals surface area contributed by atoms with Gasteiger partial charge in [-0.15, -0.1) is 10.2 Å². The number of ether oxygens (including phenoxy) is 1. The first-order valence-electron chi connectivity index (χ1n) is 7.03. The number of hydrogen-bond donors (Lipinski definition) is 1. The van der Waals surface area contributed by atoms with Crippen LogP contribution >= 0.6 is 23.1 Å². The maximum atomic E-state index is 12.5. The van der Waals surface area contributed by atoms with Crippen LogP contribution in [-0.4, -0.2) is 37.4 Å². The Bertz CT molecular complexity index is 1020. The SMILES string of the molecule is COC(=O)CSc1nnc(NS(=O)(=O)c2ccc3ccccc3c2)s1. The Morgan fingerprint density at radius 1 is 1.20 bits per heavy atom. The van der Waals surface area contributed by atoms with Crippen molar-refractivity contribution >= 4 is 55.0 Å². The number of carbonyl (C=O) groups excluding carboxylic acids is 1. The molecule has 130 valence electrons. The predicted molar refractivity (Wildman–Crippen MR) is 97.4 cm³/mol. The summed E-state index contributed by atoms with van der Waals surface area (Å²) in [6.07, 6.45) is 0. The molecule has 2 aromatic carbocycles. The third kappa shape index (κ3) is 4.27. The van der Waals surface area contributed by atoms with E-state index < -0.39 is 16.0 Å². The van der Waals surface area contributed by atoms with Crippen LogP contribution in [-0.2, 0) is 19.6 Å².